The highest BCUT2D eigenvalue weighted by atomic mass is 19.4. The van der Waals surface area contributed by atoms with Crippen LogP contribution in [-0.4, -0.2) is 49.8 Å². The molecule has 3 heterocycles. The van der Waals surface area contributed by atoms with Gasteiger partial charge >= 0.3 is 12.1 Å². The van der Waals surface area contributed by atoms with Gasteiger partial charge in [0.1, 0.15) is 5.39 Å². The molecule has 5 rings (SSSR count). The summed E-state index contributed by atoms with van der Waals surface area (Å²) in [5.41, 5.74) is -5.23. The molecule has 1 aliphatic heterocycles. The number of carboxylic acid groups (broad SMARTS) is 1. The van der Waals surface area contributed by atoms with Crippen LogP contribution in [-0.2, 0) is 27.1 Å². The number of aliphatic hydroxyl groups is 1. The molecule has 2 aromatic heterocycles. The lowest BCUT2D eigenvalue weighted by Gasteiger charge is -2.38. The predicted molar refractivity (Wildman–Crippen MR) is 132 cm³/mol. The summed E-state index contributed by atoms with van der Waals surface area (Å²) in [5.74, 6) is -1.00. The van der Waals surface area contributed by atoms with Crippen LogP contribution in [0.2, 0.25) is 0 Å². The molecule has 3 unspecified atom stereocenters. The molecule has 2 aliphatic rings. The maximum absolute atomic E-state index is 14.0. The number of ether oxygens (including phenoxy) is 1. The van der Waals surface area contributed by atoms with Crippen molar-refractivity contribution in [2.24, 2.45) is 5.41 Å². The third-order valence-electron chi connectivity index (χ3n) is 7.94. The molecule has 0 spiro atoms. The minimum atomic E-state index is -4.88. The van der Waals surface area contributed by atoms with Crippen molar-refractivity contribution in [3.63, 3.8) is 0 Å². The number of fused-ring (bicyclic) bond motifs is 2. The van der Waals surface area contributed by atoms with Crippen LogP contribution in [0.3, 0.4) is 0 Å². The molecule has 10 nitrogen and oxygen atoms in total. The number of aromatic nitrogens is 3. The fourth-order valence-corrected chi connectivity index (χ4v) is 5.87. The molecule has 1 saturated heterocycles. The number of carboxylic acids is 1. The molecule has 0 radical (unpaired) electrons. The Morgan fingerprint density at radius 1 is 1.36 bits per heavy atom. The summed E-state index contributed by atoms with van der Waals surface area (Å²) in [6, 6.07) is 7.81. The van der Waals surface area contributed by atoms with E-state index in [4.69, 9.17) is 4.74 Å². The number of nitrogens with one attached hydrogen (secondary N) is 2. The normalized spacial score (nSPS) is 26.2. The van der Waals surface area contributed by atoms with Crippen molar-refractivity contribution in [1.29, 1.82) is 5.26 Å². The zero-order chi connectivity index (χ0) is 28.4. The second kappa shape index (κ2) is 8.82. The Bertz CT molecular complexity index is 1560. The second-order valence-corrected chi connectivity index (χ2v) is 10.8. The lowest BCUT2D eigenvalue weighted by Crippen LogP contribution is -2.50. The van der Waals surface area contributed by atoms with E-state index in [0.717, 1.165) is 0 Å². The fraction of sp³-hybridized carbons (Fsp3) is 0.462. The standard InChI is InChI=1S/C26H26F3N5O5/c1-23(2)12-14-11-15(3-4-16(14)25(23,38)26(27,28)29)32-20-19-17(6-10-31-21(19)35)34(33-20)24(8-9-30)7-5-18(22(36)37)39-13-24/h3-4,6,10-11,18,38H,5,7-8,12-13H2,1-2H3,(H,31,35)(H,32,33)(H,36,37). The summed E-state index contributed by atoms with van der Waals surface area (Å²) < 4.78 is 48.9. The number of pyridine rings is 1. The van der Waals surface area contributed by atoms with Crippen LogP contribution in [0.15, 0.2) is 35.3 Å². The smallest absolute Gasteiger partial charge is 0.421 e. The molecular formula is C26H26F3N5O5. The molecule has 0 saturated carbocycles. The Kier molecular flexibility index (Phi) is 6.04. The third kappa shape index (κ3) is 3.97. The lowest BCUT2D eigenvalue weighted by atomic mass is 9.75. The number of carbonyl (C=O) groups is 1. The number of aromatic amines is 1. The number of aliphatic carboxylic acids is 1. The molecule has 3 aromatic rings. The zero-order valence-electron chi connectivity index (χ0n) is 21.1. The van der Waals surface area contributed by atoms with Gasteiger partial charge in [-0.3, -0.25) is 9.48 Å². The average molecular weight is 546 g/mol. The van der Waals surface area contributed by atoms with Gasteiger partial charge in [-0.2, -0.15) is 23.5 Å². The predicted octanol–water partition coefficient (Wildman–Crippen LogP) is 3.67. The van der Waals surface area contributed by atoms with E-state index in [-0.39, 0.29) is 49.1 Å². The molecule has 206 valence electrons. The lowest BCUT2D eigenvalue weighted by molar-refractivity contribution is -0.299. The van der Waals surface area contributed by atoms with Crippen molar-refractivity contribution in [2.45, 2.75) is 63.0 Å². The number of rotatable bonds is 5. The van der Waals surface area contributed by atoms with Gasteiger partial charge in [0.25, 0.3) is 5.56 Å². The summed E-state index contributed by atoms with van der Waals surface area (Å²) in [6.07, 6.45) is -4.19. The summed E-state index contributed by atoms with van der Waals surface area (Å²) in [6.45, 7) is 2.60. The van der Waals surface area contributed by atoms with E-state index in [9.17, 15) is 38.2 Å². The highest BCUT2D eigenvalue weighted by molar-refractivity contribution is 5.91. The number of nitriles is 1. The summed E-state index contributed by atoms with van der Waals surface area (Å²) in [7, 11) is 0. The van der Waals surface area contributed by atoms with E-state index in [1.54, 1.807) is 6.07 Å². The van der Waals surface area contributed by atoms with Crippen LogP contribution in [0.5, 0.6) is 0 Å². The molecule has 0 amide bonds. The van der Waals surface area contributed by atoms with Crippen molar-refractivity contribution < 1.29 is 32.9 Å². The van der Waals surface area contributed by atoms with Crippen LogP contribution >= 0.6 is 0 Å². The Labute approximate surface area is 220 Å². The minimum absolute atomic E-state index is 0.0308. The monoisotopic (exact) mass is 545 g/mol. The maximum Gasteiger partial charge on any atom is 0.421 e. The van der Waals surface area contributed by atoms with Gasteiger partial charge in [0.15, 0.2) is 17.5 Å². The van der Waals surface area contributed by atoms with Crippen LogP contribution in [0.4, 0.5) is 24.7 Å². The largest absolute Gasteiger partial charge is 0.479 e. The Morgan fingerprint density at radius 3 is 2.72 bits per heavy atom. The van der Waals surface area contributed by atoms with Crippen molar-refractivity contribution in [3.05, 3.63) is 51.9 Å². The van der Waals surface area contributed by atoms with Gasteiger partial charge in [-0.15, -0.1) is 0 Å². The summed E-state index contributed by atoms with van der Waals surface area (Å²) in [5, 5.41) is 37.4. The summed E-state index contributed by atoms with van der Waals surface area (Å²) in [4.78, 5) is 26.9. The van der Waals surface area contributed by atoms with E-state index < -0.39 is 40.4 Å². The van der Waals surface area contributed by atoms with Crippen molar-refractivity contribution in [1.82, 2.24) is 14.8 Å². The maximum atomic E-state index is 14.0. The first kappa shape index (κ1) is 26.7. The second-order valence-electron chi connectivity index (χ2n) is 10.8. The van der Waals surface area contributed by atoms with E-state index in [1.807, 2.05) is 0 Å². The molecule has 39 heavy (non-hydrogen) atoms. The number of halogens is 3. The van der Waals surface area contributed by atoms with E-state index in [0.29, 0.717) is 16.8 Å². The van der Waals surface area contributed by atoms with Gasteiger partial charge in [0, 0.05) is 17.3 Å². The van der Waals surface area contributed by atoms with Gasteiger partial charge in [-0.1, -0.05) is 19.9 Å². The first-order valence-corrected chi connectivity index (χ1v) is 12.3. The first-order chi connectivity index (χ1) is 18.2. The number of H-pyrrole nitrogens is 1. The zero-order valence-corrected chi connectivity index (χ0v) is 21.1. The molecule has 13 heteroatoms. The minimum Gasteiger partial charge on any atom is -0.479 e. The quantitative estimate of drug-likeness (QED) is 0.379. The number of nitrogens with zero attached hydrogens (tertiary/aromatic N) is 3. The highest BCUT2D eigenvalue weighted by Gasteiger charge is 2.66. The van der Waals surface area contributed by atoms with Gasteiger partial charge in [0.2, 0.25) is 0 Å². The molecule has 1 aromatic carbocycles. The molecule has 0 bridgehead atoms. The molecule has 4 N–H and O–H groups in total. The number of hydrogen-bond acceptors (Lipinski definition) is 7. The highest BCUT2D eigenvalue weighted by Crippen LogP contribution is 2.58. The molecule has 1 aliphatic carbocycles. The van der Waals surface area contributed by atoms with Crippen molar-refractivity contribution in [3.8, 4) is 6.07 Å². The van der Waals surface area contributed by atoms with E-state index in [1.165, 1.54) is 42.9 Å². The van der Waals surface area contributed by atoms with E-state index in [2.05, 4.69) is 21.5 Å². The van der Waals surface area contributed by atoms with Gasteiger partial charge < -0.3 is 25.3 Å². The van der Waals surface area contributed by atoms with Gasteiger partial charge in [-0.05, 0) is 48.6 Å². The van der Waals surface area contributed by atoms with Gasteiger partial charge in [0.05, 0.1) is 30.2 Å². The van der Waals surface area contributed by atoms with Crippen LogP contribution in [0, 0.1) is 16.7 Å². The third-order valence-corrected chi connectivity index (χ3v) is 7.94. The molecule has 3 atom stereocenters. The Hall–Kier alpha value is -3.89. The number of alkyl halides is 3. The van der Waals surface area contributed by atoms with Crippen molar-refractivity contribution >= 4 is 28.4 Å². The SMILES string of the molecule is CC1(C)Cc2cc(Nc3nn(C4(CC#N)CCC(C(=O)O)OC4)c4cc[nH]c(=O)c34)ccc2C1(O)C(F)(F)F. The summed E-state index contributed by atoms with van der Waals surface area (Å²) >= 11 is 0. The van der Waals surface area contributed by atoms with Crippen LogP contribution < -0.4 is 10.9 Å². The van der Waals surface area contributed by atoms with Gasteiger partial charge in [-0.25, -0.2) is 4.79 Å². The van der Waals surface area contributed by atoms with E-state index >= 15 is 0 Å². The fourth-order valence-electron chi connectivity index (χ4n) is 5.87. The first-order valence-electron chi connectivity index (χ1n) is 12.3. The topological polar surface area (TPSA) is 153 Å². The number of anilines is 2. The molecule has 1 fully saturated rings. The number of benzene rings is 1. The Balaban J connectivity index is 1.57. The number of hydrogen-bond donors (Lipinski definition) is 4. The average Bonchev–Trinajstić information content (AvgIpc) is 3.33. The van der Waals surface area contributed by atoms with Crippen molar-refractivity contribution in [2.75, 3.05) is 11.9 Å². The van der Waals surface area contributed by atoms with Crippen LogP contribution in [0.25, 0.3) is 10.9 Å². The molecular weight excluding hydrogens is 519 g/mol. The Morgan fingerprint density at radius 2 is 2.10 bits per heavy atom. The van der Waals surface area contributed by atoms with Crippen LogP contribution in [0.1, 0.15) is 44.2 Å².